The maximum absolute atomic E-state index is 11.4. The predicted molar refractivity (Wildman–Crippen MR) is 79.9 cm³/mol. The van der Waals surface area contributed by atoms with Gasteiger partial charge >= 0.3 is 5.97 Å². The van der Waals surface area contributed by atoms with Crippen LogP contribution in [0.4, 0.5) is 0 Å². The maximum Gasteiger partial charge on any atom is 0.354 e. The molecular weight excluding hydrogens is 313 g/mol. The fraction of sp³-hybridized carbons (Fsp3) is 0.214. The van der Waals surface area contributed by atoms with Gasteiger partial charge in [-0.2, -0.15) is 0 Å². The lowest BCUT2D eigenvalue weighted by atomic mass is 10.0. The summed E-state index contributed by atoms with van der Waals surface area (Å²) < 4.78 is 0. The van der Waals surface area contributed by atoms with E-state index in [1.807, 2.05) is 0 Å². The number of aromatic nitrogens is 2. The van der Waals surface area contributed by atoms with E-state index in [0.717, 1.165) is 6.54 Å². The van der Waals surface area contributed by atoms with Crippen LogP contribution in [0.1, 0.15) is 21.7 Å². The largest absolute Gasteiger partial charge is 0.476 e. The Labute approximate surface area is 130 Å². The lowest BCUT2D eigenvalue weighted by Gasteiger charge is -2.18. The molecule has 1 aromatic carbocycles. The topological polar surface area (TPSA) is 75.1 Å². The molecule has 2 aromatic rings. The summed E-state index contributed by atoms with van der Waals surface area (Å²) in [6.45, 7) is 1.25. The summed E-state index contributed by atoms with van der Waals surface area (Å²) in [5.74, 6) is -0.732. The Kier molecular flexibility index (Phi) is 3.80. The molecule has 0 bridgehead atoms. The Hall–Kier alpha value is -1.69. The molecule has 3 rings (SSSR count). The SMILES string of the molecule is O=C(O)c1nc(-c2cc(Cl)cc(Cl)c2)nc2c1CCNC2. The number of aromatic carboxylic acids is 1. The van der Waals surface area contributed by atoms with Crippen molar-refractivity contribution in [1.29, 1.82) is 0 Å². The van der Waals surface area contributed by atoms with Crippen LogP contribution >= 0.6 is 23.2 Å². The summed E-state index contributed by atoms with van der Waals surface area (Å²) >= 11 is 12.0. The van der Waals surface area contributed by atoms with Crippen LogP contribution in [-0.2, 0) is 13.0 Å². The molecule has 2 N–H and O–H groups in total. The minimum Gasteiger partial charge on any atom is -0.476 e. The highest BCUT2D eigenvalue weighted by molar-refractivity contribution is 6.35. The van der Waals surface area contributed by atoms with Gasteiger partial charge in [0.1, 0.15) is 0 Å². The maximum atomic E-state index is 11.4. The van der Waals surface area contributed by atoms with Crippen molar-refractivity contribution >= 4 is 29.2 Å². The molecule has 1 aliphatic heterocycles. The van der Waals surface area contributed by atoms with E-state index in [-0.39, 0.29) is 5.69 Å². The Bertz CT molecular complexity index is 714. The first-order valence-corrected chi connectivity index (χ1v) is 7.10. The van der Waals surface area contributed by atoms with Crippen molar-refractivity contribution in [2.24, 2.45) is 0 Å². The van der Waals surface area contributed by atoms with Crippen molar-refractivity contribution in [3.63, 3.8) is 0 Å². The minimum atomic E-state index is -1.05. The van der Waals surface area contributed by atoms with Crippen molar-refractivity contribution in [2.45, 2.75) is 13.0 Å². The Balaban J connectivity index is 2.19. The van der Waals surface area contributed by atoms with Crippen molar-refractivity contribution < 1.29 is 9.90 Å². The number of fused-ring (bicyclic) bond motifs is 1. The molecule has 0 fully saturated rings. The first-order valence-electron chi connectivity index (χ1n) is 6.35. The predicted octanol–water partition coefficient (Wildman–Crippen LogP) is 2.79. The van der Waals surface area contributed by atoms with Crippen LogP contribution in [0.15, 0.2) is 18.2 Å². The summed E-state index contributed by atoms with van der Waals surface area (Å²) in [5, 5.41) is 13.4. The molecule has 108 valence electrons. The second-order valence-corrected chi connectivity index (χ2v) is 5.58. The number of rotatable bonds is 2. The van der Waals surface area contributed by atoms with E-state index in [4.69, 9.17) is 23.2 Å². The molecule has 0 aliphatic carbocycles. The zero-order valence-corrected chi connectivity index (χ0v) is 12.4. The first-order chi connectivity index (χ1) is 10.0. The van der Waals surface area contributed by atoms with Crippen molar-refractivity contribution in [1.82, 2.24) is 15.3 Å². The van der Waals surface area contributed by atoms with Crippen molar-refractivity contribution in [3.05, 3.63) is 45.2 Å². The number of carboxylic acid groups (broad SMARTS) is 1. The quantitative estimate of drug-likeness (QED) is 0.888. The van der Waals surface area contributed by atoms with Gasteiger partial charge in [0.15, 0.2) is 11.5 Å². The fourth-order valence-electron chi connectivity index (χ4n) is 2.35. The van der Waals surface area contributed by atoms with Gasteiger partial charge in [0, 0.05) is 27.7 Å². The smallest absolute Gasteiger partial charge is 0.354 e. The monoisotopic (exact) mass is 323 g/mol. The molecular formula is C14H11Cl2N3O2. The molecule has 0 amide bonds. The molecule has 0 saturated carbocycles. The molecule has 5 nitrogen and oxygen atoms in total. The van der Waals surface area contributed by atoms with Crippen LogP contribution in [-0.4, -0.2) is 27.6 Å². The standard InChI is InChI=1S/C14H11Cl2N3O2/c15-8-3-7(4-9(16)5-8)13-18-11-6-17-2-1-10(11)12(19-13)14(20)21/h3-5,17H,1-2,6H2,(H,20,21). The van der Waals surface area contributed by atoms with E-state index >= 15 is 0 Å². The average molecular weight is 324 g/mol. The lowest BCUT2D eigenvalue weighted by molar-refractivity contribution is 0.0688. The first kappa shape index (κ1) is 14.3. The Morgan fingerprint density at radius 1 is 1.19 bits per heavy atom. The van der Waals surface area contributed by atoms with E-state index < -0.39 is 5.97 Å². The van der Waals surface area contributed by atoms with Crippen LogP contribution < -0.4 is 5.32 Å². The minimum absolute atomic E-state index is 0.0487. The zero-order chi connectivity index (χ0) is 15.0. The molecule has 0 radical (unpaired) electrons. The number of benzene rings is 1. The van der Waals surface area contributed by atoms with Crippen LogP contribution in [0.2, 0.25) is 10.0 Å². The van der Waals surface area contributed by atoms with Gasteiger partial charge in [-0.3, -0.25) is 0 Å². The Morgan fingerprint density at radius 2 is 1.90 bits per heavy atom. The van der Waals surface area contributed by atoms with Gasteiger partial charge in [0.05, 0.1) is 5.69 Å². The van der Waals surface area contributed by atoms with E-state index in [2.05, 4.69) is 15.3 Å². The van der Waals surface area contributed by atoms with Gasteiger partial charge < -0.3 is 10.4 Å². The summed E-state index contributed by atoms with van der Waals surface area (Å²) in [6, 6.07) is 4.93. The highest BCUT2D eigenvalue weighted by Gasteiger charge is 2.22. The molecule has 0 atom stereocenters. The zero-order valence-electron chi connectivity index (χ0n) is 10.9. The number of hydrogen-bond donors (Lipinski definition) is 2. The highest BCUT2D eigenvalue weighted by atomic mass is 35.5. The second kappa shape index (κ2) is 5.60. The molecule has 1 aromatic heterocycles. The number of halogens is 2. The molecule has 0 saturated heterocycles. The van der Waals surface area contributed by atoms with Gasteiger partial charge in [-0.1, -0.05) is 23.2 Å². The fourth-order valence-corrected chi connectivity index (χ4v) is 2.87. The van der Waals surface area contributed by atoms with Gasteiger partial charge in [-0.15, -0.1) is 0 Å². The molecule has 0 spiro atoms. The van der Waals surface area contributed by atoms with Gasteiger partial charge in [-0.05, 0) is 31.2 Å². The van der Waals surface area contributed by atoms with Crippen molar-refractivity contribution in [3.8, 4) is 11.4 Å². The lowest BCUT2D eigenvalue weighted by Crippen LogP contribution is -2.27. The third kappa shape index (κ3) is 2.85. The van der Waals surface area contributed by atoms with E-state index in [0.29, 0.717) is 45.7 Å². The molecule has 2 heterocycles. The number of carboxylic acids is 1. The van der Waals surface area contributed by atoms with Gasteiger partial charge in [0.25, 0.3) is 0 Å². The van der Waals surface area contributed by atoms with Crippen LogP contribution in [0.3, 0.4) is 0 Å². The van der Waals surface area contributed by atoms with Crippen LogP contribution in [0, 0.1) is 0 Å². The Morgan fingerprint density at radius 3 is 2.57 bits per heavy atom. The third-order valence-electron chi connectivity index (χ3n) is 3.26. The number of hydrogen-bond acceptors (Lipinski definition) is 4. The molecule has 7 heteroatoms. The van der Waals surface area contributed by atoms with E-state index in [9.17, 15) is 9.90 Å². The van der Waals surface area contributed by atoms with Crippen molar-refractivity contribution in [2.75, 3.05) is 6.54 Å². The number of nitrogens with one attached hydrogen (secondary N) is 1. The number of nitrogens with zero attached hydrogens (tertiary/aromatic N) is 2. The van der Waals surface area contributed by atoms with Crippen LogP contribution in [0.5, 0.6) is 0 Å². The highest BCUT2D eigenvalue weighted by Crippen LogP contribution is 2.27. The van der Waals surface area contributed by atoms with Gasteiger partial charge in [-0.25, -0.2) is 14.8 Å². The molecule has 1 aliphatic rings. The normalized spacial score (nSPS) is 13.8. The third-order valence-corrected chi connectivity index (χ3v) is 3.70. The second-order valence-electron chi connectivity index (χ2n) is 4.71. The summed E-state index contributed by atoms with van der Waals surface area (Å²) in [6.07, 6.45) is 0.605. The summed E-state index contributed by atoms with van der Waals surface area (Å²) in [4.78, 5) is 20.1. The van der Waals surface area contributed by atoms with E-state index in [1.54, 1.807) is 18.2 Å². The van der Waals surface area contributed by atoms with Gasteiger partial charge in [0.2, 0.25) is 0 Å². The van der Waals surface area contributed by atoms with E-state index in [1.165, 1.54) is 0 Å². The average Bonchev–Trinajstić information content (AvgIpc) is 2.45. The molecule has 0 unspecified atom stereocenters. The number of carbonyl (C=O) groups is 1. The summed E-state index contributed by atoms with van der Waals surface area (Å²) in [7, 11) is 0. The molecule has 21 heavy (non-hydrogen) atoms. The summed E-state index contributed by atoms with van der Waals surface area (Å²) in [5.41, 5.74) is 2.05. The van der Waals surface area contributed by atoms with Crippen LogP contribution in [0.25, 0.3) is 11.4 Å².